The van der Waals surface area contributed by atoms with Gasteiger partial charge in [0.15, 0.2) is 0 Å². The normalized spacial score (nSPS) is 24.2. The second-order valence-electron chi connectivity index (χ2n) is 6.50. The van der Waals surface area contributed by atoms with Gasteiger partial charge in [0.05, 0.1) is 0 Å². The highest BCUT2D eigenvalue weighted by Crippen LogP contribution is 2.20. The highest BCUT2D eigenvalue weighted by atomic mass is 16.2. The first-order chi connectivity index (χ1) is 11.6. The lowest BCUT2D eigenvalue weighted by Gasteiger charge is -2.38. The number of imide groups is 1. The Morgan fingerprint density at radius 3 is 2.58 bits per heavy atom. The number of rotatable bonds is 5. The number of hydrogen-bond donors (Lipinski definition) is 1. The largest absolute Gasteiger partial charge is 0.326 e. The molecule has 7 heteroatoms. The van der Waals surface area contributed by atoms with Gasteiger partial charge in [0.2, 0.25) is 0 Å². The van der Waals surface area contributed by atoms with Crippen LogP contribution in [0.4, 0.5) is 4.79 Å². The lowest BCUT2D eigenvalue weighted by atomic mass is 10.1. The Kier molecular flexibility index (Phi) is 5.11. The van der Waals surface area contributed by atoms with Gasteiger partial charge in [-0.1, -0.05) is 6.07 Å². The molecule has 2 fully saturated rings. The van der Waals surface area contributed by atoms with E-state index in [1.54, 1.807) is 13.1 Å². The number of amides is 3. The summed E-state index contributed by atoms with van der Waals surface area (Å²) in [5, 5.41) is 2.65. The third-order valence-corrected chi connectivity index (χ3v) is 4.98. The van der Waals surface area contributed by atoms with Gasteiger partial charge in [-0.05, 0) is 25.5 Å². The van der Waals surface area contributed by atoms with Crippen LogP contribution in [0.25, 0.3) is 0 Å². The van der Waals surface area contributed by atoms with Gasteiger partial charge in [-0.3, -0.25) is 24.5 Å². The Morgan fingerprint density at radius 1 is 1.25 bits per heavy atom. The van der Waals surface area contributed by atoms with E-state index in [2.05, 4.69) is 33.1 Å². The van der Waals surface area contributed by atoms with E-state index in [-0.39, 0.29) is 11.9 Å². The van der Waals surface area contributed by atoms with Crippen LogP contribution in [0.1, 0.15) is 25.5 Å². The van der Waals surface area contributed by atoms with E-state index < -0.39 is 6.04 Å². The quantitative estimate of drug-likeness (QED) is 0.805. The second-order valence-corrected chi connectivity index (χ2v) is 6.50. The minimum Gasteiger partial charge on any atom is -0.326 e. The van der Waals surface area contributed by atoms with E-state index in [1.807, 2.05) is 12.3 Å². The first-order valence-corrected chi connectivity index (χ1v) is 8.54. The molecule has 0 aromatic carbocycles. The summed E-state index contributed by atoms with van der Waals surface area (Å²) in [6, 6.07) is 3.78. The summed E-state index contributed by atoms with van der Waals surface area (Å²) in [5.41, 5.74) is 1.24. The number of aromatic nitrogens is 1. The summed E-state index contributed by atoms with van der Waals surface area (Å²) in [4.78, 5) is 33.9. The molecule has 24 heavy (non-hydrogen) atoms. The van der Waals surface area contributed by atoms with Crippen LogP contribution in [0, 0.1) is 0 Å². The van der Waals surface area contributed by atoms with E-state index in [0.717, 1.165) is 32.7 Å². The summed E-state index contributed by atoms with van der Waals surface area (Å²) in [6.07, 6.45) is 3.72. The average molecular weight is 331 g/mol. The Balaban J connectivity index is 1.46. The molecule has 3 rings (SSSR count). The predicted octanol–water partition coefficient (Wildman–Crippen LogP) is 0.700. The van der Waals surface area contributed by atoms with Gasteiger partial charge < -0.3 is 5.32 Å². The minimum absolute atomic E-state index is 0.121. The van der Waals surface area contributed by atoms with Crippen molar-refractivity contribution in [2.24, 2.45) is 0 Å². The molecule has 0 radical (unpaired) electrons. The van der Waals surface area contributed by atoms with Crippen molar-refractivity contribution in [2.45, 2.75) is 25.9 Å². The van der Waals surface area contributed by atoms with Crippen molar-refractivity contribution in [1.29, 1.82) is 0 Å². The lowest BCUT2D eigenvalue weighted by molar-refractivity contribution is -0.127. The highest BCUT2D eigenvalue weighted by Gasteiger charge is 2.35. The van der Waals surface area contributed by atoms with E-state index in [0.29, 0.717) is 12.6 Å². The Labute approximate surface area is 142 Å². The van der Waals surface area contributed by atoms with Gasteiger partial charge in [0.1, 0.15) is 6.04 Å². The van der Waals surface area contributed by atoms with Crippen molar-refractivity contribution in [1.82, 2.24) is 25.0 Å². The van der Waals surface area contributed by atoms with Crippen molar-refractivity contribution in [2.75, 3.05) is 39.3 Å². The molecule has 1 aromatic heterocycles. The molecule has 3 amide bonds. The van der Waals surface area contributed by atoms with E-state index in [9.17, 15) is 9.59 Å². The molecule has 2 aliphatic heterocycles. The molecule has 0 bridgehead atoms. The molecular formula is C17H25N5O2. The summed E-state index contributed by atoms with van der Waals surface area (Å²) in [7, 11) is 0. The summed E-state index contributed by atoms with van der Waals surface area (Å²) in [5.74, 6) is -0.121. The van der Waals surface area contributed by atoms with Crippen molar-refractivity contribution >= 4 is 11.9 Å². The maximum Gasteiger partial charge on any atom is 0.324 e. The first kappa shape index (κ1) is 16.9. The summed E-state index contributed by atoms with van der Waals surface area (Å²) in [6.45, 7) is 8.99. The molecule has 0 aliphatic carbocycles. The fourth-order valence-corrected chi connectivity index (χ4v) is 3.32. The molecule has 0 saturated carbocycles. The van der Waals surface area contributed by atoms with Crippen molar-refractivity contribution in [3.8, 4) is 0 Å². The second kappa shape index (κ2) is 7.27. The fraction of sp³-hybridized carbons (Fsp3) is 0.588. The standard InChI is InChI=1S/C17H25N5O2/c1-13-16(23)22(17(24)19-13)11-8-20-6-9-21(10-7-20)14(2)15-4-3-5-18-12-15/h3-5,12-14H,6-11H2,1-2H3,(H,19,24). The van der Waals surface area contributed by atoms with Crippen LogP contribution in [-0.4, -0.2) is 76.9 Å². The first-order valence-electron chi connectivity index (χ1n) is 8.54. The number of nitrogens with zero attached hydrogens (tertiary/aromatic N) is 4. The fourth-order valence-electron chi connectivity index (χ4n) is 3.32. The molecule has 1 N–H and O–H groups in total. The number of urea groups is 1. The Hall–Kier alpha value is -1.99. The molecular weight excluding hydrogens is 306 g/mol. The van der Waals surface area contributed by atoms with Crippen LogP contribution in [0.15, 0.2) is 24.5 Å². The number of hydrogen-bond acceptors (Lipinski definition) is 5. The number of nitrogens with one attached hydrogen (secondary N) is 1. The third-order valence-electron chi connectivity index (χ3n) is 4.98. The van der Waals surface area contributed by atoms with Crippen molar-refractivity contribution in [3.05, 3.63) is 30.1 Å². The Morgan fingerprint density at radius 2 is 2.00 bits per heavy atom. The summed E-state index contributed by atoms with van der Waals surface area (Å²) < 4.78 is 0. The van der Waals surface area contributed by atoms with Gasteiger partial charge in [0, 0.05) is 57.7 Å². The minimum atomic E-state index is -0.394. The van der Waals surface area contributed by atoms with Crippen LogP contribution < -0.4 is 5.32 Å². The predicted molar refractivity (Wildman–Crippen MR) is 90.4 cm³/mol. The molecule has 0 spiro atoms. The number of carbonyl (C=O) groups is 2. The zero-order chi connectivity index (χ0) is 17.1. The van der Waals surface area contributed by atoms with Crippen molar-refractivity contribution < 1.29 is 9.59 Å². The number of carbonyl (C=O) groups excluding carboxylic acids is 2. The molecule has 2 atom stereocenters. The van der Waals surface area contributed by atoms with Crippen LogP contribution in [0.3, 0.4) is 0 Å². The van der Waals surface area contributed by atoms with Gasteiger partial charge in [-0.2, -0.15) is 0 Å². The molecule has 3 heterocycles. The molecule has 7 nitrogen and oxygen atoms in total. The topological polar surface area (TPSA) is 68.8 Å². The van der Waals surface area contributed by atoms with Crippen LogP contribution in [-0.2, 0) is 4.79 Å². The van der Waals surface area contributed by atoms with E-state index in [1.165, 1.54) is 10.5 Å². The third kappa shape index (κ3) is 3.57. The van der Waals surface area contributed by atoms with Gasteiger partial charge in [-0.25, -0.2) is 4.79 Å². The average Bonchev–Trinajstić information content (AvgIpc) is 2.86. The maximum absolute atomic E-state index is 11.9. The SMILES string of the molecule is CC1NC(=O)N(CCN2CCN(C(C)c3cccnc3)CC2)C1=O. The molecule has 2 unspecified atom stereocenters. The Bertz CT molecular complexity index is 586. The van der Waals surface area contributed by atoms with Crippen molar-refractivity contribution in [3.63, 3.8) is 0 Å². The number of piperazine rings is 1. The van der Waals surface area contributed by atoms with Gasteiger partial charge >= 0.3 is 6.03 Å². The monoisotopic (exact) mass is 331 g/mol. The molecule has 2 saturated heterocycles. The smallest absolute Gasteiger partial charge is 0.324 e. The zero-order valence-corrected chi connectivity index (χ0v) is 14.3. The van der Waals surface area contributed by atoms with Crippen LogP contribution in [0.2, 0.25) is 0 Å². The molecule has 130 valence electrons. The van der Waals surface area contributed by atoms with Gasteiger partial charge in [0.25, 0.3) is 5.91 Å². The lowest BCUT2D eigenvalue weighted by Crippen LogP contribution is -2.49. The molecule has 1 aromatic rings. The van der Waals surface area contributed by atoms with E-state index >= 15 is 0 Å². The highest BCUT2D eigenvalue weighted by molar-refractivity contribution is 6.03. The maximum atomic E-state index is 11.9. The van der Waals surface area contributed by atoms with Gasteiger partial charge in [-0.15, -0.1) is 0 Å². The van der Waals surface area contributed by atoms with Crippen LogP contribution in [0.5, 0.6) is 0 Å². The van der Waals surface area contributed by atoms with Crippen LogP contribution >= 0.6 is 0 Å². The molecule has 2 aliphatic rings. The summed E-state index contributed by atoms with van der Waals surface area (Å²) >= 11 is 0. The number of pyridine rings is 1. The van der Waals surface area contributed by atoms with E-state index in [4.69, 9.17) is 0 Å². The zero-order valence-electron chi connectivity index (χ0n) is 14.3.